The molecule has 19 heavy (non-hydrogen) atoms. The third-order valence-corrected chi connectivity index (χ3v) is 5.32. The lowest BCUT2D eigenvalue weighted by atomic mass is 10.0. The van der Waals surface area contributed by atoms with E-state index in [-0.39, 0.29) is 0 Å². The Labute approximate surface area is 122 Å². The topological polar surface area (TPSA) is 24.5 Å². The van der Waals surface area contributed by atoms with Gasteiger partial charge in [-0.25, -0.2) is 0 Å². The summed E-state index contributed by atoms with van der Waals surface area (Å²) in [6.07, 6.45) is 4.05. The van der Waals surface area contributed by atoms with Crippen LogP contribution in [0.25, 0.3) is 0 Å². The minimum Gasteiger partial charge on any atom is -0.379 e. The summed E-state index contributed by atoms with van der Waals surface area (Å²) in [5, 5.41) is 3.82. The van der Waals surface area contributed by atoms with E-state index in [1.165, 1.54) is 30.8 Å². The molecule has 112 valence electrons. The molecule has 2 saturated heterocycles. The summed E-state index contributed by atoms with van der Waals surface area (Å²) in [5.41, 5.74) is 0. The zero-order chi connectivity index (χ0) is 13.5. The molecule has 2 aliphatic rings. The molecule has 2 fully saturated rings. The molecule has 0 spiro atoms. The van der Waals surface area contributed by atoms with Gasteiger partial charge in [-0.1, -0.05) is 13.8 Å². The van der Waals surface area contributed by atoms with Crippen molar-refractivity contribution in [2.45, 2.75) is 45.2 Å². The maximum Gasteiger partial charge on any atom is 0.0594 e. The SMILES string of the molecule is CC(C)CC(CNC1CCCSC1)N1CCOCC1. The molecule has 2 rings (SSSR count). The van der Waals surface area contributed by atoms with Crippen LogP contribution in [-0.2, 0) is 4.74 Å². The number of morpholine rings is 1. The number of rotatable bonds is 6. The van der Waals surface area contributed by atoms with Gasteiger partial charge in [-0.05, 0) is 30.9 Å². The number of nitrogens with one attached hydrogen (secondary N) is 1. The van der Waals surface area contributed by atoms with Crippen molar-refractivity contribution in [3.05, 3.63) is 0 Å². The van der Waals surface area contributed by atoms with Gasteiger partial charge < -0.3 is 10.1 Å². The number of thioether (sulfide) groups is 1. The summed E-state index contributed by atoms with van der Waals surface area (Å²) in [7, 11) is 0. The molecule has 3 nitrogen and oxygen atoms in total. The number of nitrogens with zero attached hydrogens (tertiary/aromatic N) is 1. The summed E-state index contributed by atoms with van der Waals surface area (Å²) in [6.45, 7) is 9.87. The van der Waals surface area contributed by atoms with Crippen LogP contribution in [0.5, 0.6) is 0 Å². The Morgan fingerprint density at radius 1 is 1.32 bits per heavy atom. The predicted molar refractivity (Wildman–Crippen MR) is 84.0 cm³/mol. The minimum absolute atomic E-state index is 0.691. The number of hydrogen-bond acceptors (Lipinski definition) is 4. The summed E-state index contributed by atoms with van der Waals surface area (Å²) in [5.74, 6) is 3.43. The summed E-state index contributed by atoms with van der Waals surface area (Å²) < 4.78 is 5.48. The minimum atomic E-state index is 0.691. The Morgan fingerprint density at radius 3 is 2.74 bits per heavy atom. The van der Waals surface area contributed by atoms with Crippen LogP contribution in [-0.4, -0.2) is 61.3 Å². The van der Waals surface area contributed by atoms with Crippen molar-refractivity contribution in [3.63, 3.8) is 0 Å². The molecule has 0 bridgehead atoms. The summed E-state index contributed by atoms with van der Waals surface area (Å²) in [6, 6.07) is 1.44. The molecule has 0 radical (unpaired) electrons. The average Bonchev–Trinajstić information content (AvgIpc) is 2.45. The Kier molecular flexibility index (Phi) is 6.99. The van der Waals surface area contributed by atoms with E-state index in [9.17, 15) is 0 Å². The van der Waals surface area contributed by atoms with Crippen LogP contribution in [0.2, 0.25) is 0 Å². The predicted octanol–water partition coefficient (Wildman–Crippen LogP) is 2.22. The van der Waals surface area contributed by atoms with Crippen molar-refractivity contribution >= 4 is 11.8 Å². The van der Waals surface area contributed by atoms with Gasteiger partial charge in [0.05, 0.1) is 13.2 Å². The normalized spacial score (nSPS) is 27.6. The molecule has 0 aromatic heterocycles. The highest BCUT2D eigenvalue weighted by molar-refractivity contribution is 7.99. The van der Waals surface area contributed by atoms with Crippen LogP contribution in [0, 0.1) is 5.92 Å². The Balaban J connectivity index is 1.78. The molecule has 0 aromatic rings. The van der Waals surface area contributed by atoms with E-state index in [1.807, 2.05) is 0 Å². The number of hydrogen-bond donors (Lipinski definition) is 1. The zero-order valence-corrected chi connectivity index (χ0v) is 13.4. The molecule has 2 aliphatic heterocycles. The lowest BCUT2D eigenvalue weighted by Crippen LogP contribution is -2.50. The van der Waals surface area contributed by atoms with Crippen LogP contribution >= 0.6 is 11.8 Å². The van der Waals surface area contributed by atoms with E-state index in [2.05, 4.69) is 35.8 Å². The molecule has 0 aromatic carbocycles. The van der Waals surface area contributed by atoms with E-state index >= 15 is 0 Å². The van der Waals surface area contributed by atoms with E-state index < -0.39 is 0 Å². The lowest BCUT2D eigenvalue weighted by Gasteiger charge is -2.36. The molecular weight excluding hydrogens is 256 g/mol. The highest BCUT2D eigenvalue weighted by Gasteiger charge is 2.23. The van der Waals surface area contributed by atoms with Gasteiger partial charge >= 0.3 is 0 Å². The Hall–Kier alpha value is 0.230. The van der Waals surface area contributed by atoms with Gasteiger partial charge in [0.2, 0.25) is 0 Å². The van der Waals surface area contributed by atoms with Crippen molar-refractivity contribution in [1.29, 1.82) is 0 Å². The van der Waals surface area contributed by atoms with Gasteiger partial charge in [-0.15, -0.1) is 0 Å². The molecule has 0 amide bonds. The van der Waals surface area contributed by atoms with Gasteiger partial charge in [-0.3, -0.25) is 4.90 Å². The van der Waals surface area contributed by atoms with Crippen molar-refractivity contribution in [3.8, 4) is 0 Å². The van der Waals surface area contributed by atoms with Crippen LogP contribution in [0.3, 0.4) is 0 Å². The van der Waals surface area contributed by atoms with Gasteiger partial charge in [-0.2, -0.15) is 11.8 Å². The molecule has 0 saturated carbocycles. The Bertz CT molecular complexity index is 238. The van der Waals surface area contributed by atoms with Crippen LogP contribution in [0.15, 0.2) is 0 Å². The maximum atomic E-state index is 5.48. The standard InChI is InChI=1S/C15H30N2OS/c1-13(2)10-15(17-5-7-18-8-6-17)11-16-14-4-3-9-19-12-14/h13-16H,3-12H2,1-2H3. The van der Waals surface area contributed by atoms with Gasteiger partial charge in [0, 0.05) is 37.5 Å². The largest absolute Gasteiger partial charge is 0.379 e. The lowest BCUT2D eigenvalue weighted by molar-refractivity contribution is 0.0119. The van der Waals surface area contributed by atoms with Gasteiger partial charge in [0.1, 0.15) is 0 Å². The van der Waals surface area contributed by atoms with Crippen molar-refractivity contribution in [2.75, 3.05) is 44.4 Å². The first-order valence-corrected chi connectivity index (χ1v) is 9.04. The molecule has 2 heterocycles. The van der Waals surface area contributed by atoms with Crippen molar-refractivity contribution in [2.24, 2.45) is 5.92 Å². The monoisotopic (exact) mass is 286 g/mol. The highest BCUT2D eigenvalue weighted by Crippen LogP contribution is 2.18. The Morgan fingerprint density at radius 2 is 2.11 bits per heavy atom. The molecule has 0 aliphatic carbocycles. The first kappa shape index (κ1) is 15.6. The first-order valence-electron chi connectivity index (χ1n) is 7.88. The summed E-state index contributed by atoms with van der Waals surface area (Å²) >= 11 is 2.11. The van der Waals surface area contributed by atoms with E-state index in [0.717, 1.165) is 44.8 Å². The van der Waals surface area contributed by atoms with Crippen LogP contribution in [0.4, 0.5) is 0 Å². The highest BCUT2D eigenvalue weighted by atomic mass is 32.2. The van der Waals surface area contributed by atoms with Crippen LogP contribution < -0.4 is 5.32 Å². The van der Waals surface area contributed by atoms with Gasteiger partial charge in [0.15, 0.2) is 0 Å². The first-order chi connectivity index (χ1) is 9.25. The van der Waals surface area contributed by atoms with E-state index in [1.54, 1.807) is 0 Å². The van der Waals surface area contributed by atoms with Crippen molar-refractivity contribution < 1.29 is 4.74 Å². The zero-order valence-electron chi connectivity index (χ0n) is 12.6. The molecule has 1 N–H and O–H groups in total. The average molecular weight is 286 g/mol. The smallest absolute Gasteiger partial charge is 0.0594 e. The molecule has 2 atom stereocenters. The summed E-state index contributed by atoms with van der Waals surface area (Å²) in [4.78, 5) is 2.63. The second-order valence-electron chi connectivity index (χ2n) is 6.25. The molecular formula is C15H30N2OS. The fourth-order valence-corrected chi connectivity index (χ4v) is 4.16. The quantitative estimate of drug-likeness (QED) is 0.809. The fourth-order valence-electron chi connectivity index (χ4n) is 3.05. The van der Waals surface area contributed by atoms with E-state index in [0.29, 0.717) is 6.04 Å². The third kappa shape index (κ3) is 5.62. The maximum absolute atomic E-state index is 5.48. The molecule has 2 unspecified atom stereocenters. The van der Waals surface area contributed by atoms with E-state index in [4.69, 9.17) is 4.74 Å². The molecule has 4 heteroatoms. The number of ether oxygens (including phenoxy) is 1. The fraction of sp³-hybridized carbons (Fsp3) is 1.00. The van der Waals surface area contributed by atoms with Crippen molar-refractivity contribution in [1.82, 2.24) is 10.2 Å². The second-order valence-corrected chi connectivity index (χ2v) is 7.40. The third-order valence-electron chi connectivity index (χ3n) is 4.11. The second kappa shape index (κ2) is 8.50. The van der Waals surface area contributed by atoms with Gasteiger partial charge in [0.25, 0.3) is 0 Å². The van der Waals surface area contributed by atoms with Crippen LogP contribution in [0.1, 0.15) is 33.1 Å².